The van der Waals surface area contributed by atoms with Crippen molar-refractivity contribution in [2.24, 2.45) is 0 Å². The van der Waals surface area contributed by atoms with Crippen LogP contribution in [0.4, 0.5) is 18.9 Å². The number of methoxy groups -OCH3 is 1. The Labute approximate surface area is 154 Å². The first-order valence-electron chi connectivity index (χ1n) is 7.64. The summed E-state index contributed by atoms with van der Waals surface area (Å²) in [6.45, 7) is 0.975. The maximum Gasteiger partial charge on any atom is 0.416 e. The largest absolute Gasteiger partial charge is 0.495 e. The Hall–Kier alpha value is -2.59. The molecule has 0 radical (unpaired) electrons. The number of nitrogens with one attached hydrogen (secondary N) is 2. The molecule has 146 valence electrons. The second kappa shape index (κ2) is 7.97. The molecule has 2 aromatic rings. The average Bonchev–Trinajstić information content (AvgIpc) is 2.59. The molecule has 2 N–H and O–H groups in total. The van der Waals surface area contributed by atoms with Gasteiger partial charge in [-0.05, 0) is 23.8 Å². The Morgan fingerprint density at radius 1 is 1.15 bits per heavy atom. The summed E-state index contributed by atoms with van der Waals surface area (Å²) in [5.41, 5.74) is -0.405. The molecule has 0 aliphatic rings. The molecule has 2 aromatic carbocycles. The molecule has 0 bridgehead atoms. The lowest BCUT2D eigenvalue weighted by Crippen LogP contribution is -2.23. The first kappa shape index (κ1) is 20.7. The van der Waals surface area contributed by atoms with Gasteiger partial charge in [-0.2, -0.15) is 13.2 Å². The summed E-state index contributed by atoms with van der Waals surface area (Å²) in [7, 11) is -2.70. The number of halogens is 3. The molecule has 0 aliphatic heterocycles. The lowest BCUT2D eigenvalue weighted by Gasteiger charge is -2.13. The van der Waals surface area contributed by atoms with E-state index in [0.29, 0.717) is 5.69 Å². The molecule has 0 aromatic heterocycles. The van der Waals surface area contributed by atoms with Crippen LogP contribution in [0.5, 0.6) is 5.75 Å². The highest BCUT2D eigenvalue weighted by molar-refractivity contribution is 7.89. The summed E-state index contributed by atoms with van der Waals surface area (Å²) in [6, 6.07) is 8.20. The Balaban J connectivity index is 2.21. The van der Waals surface area contributed by atoms with E-state index in [2.05, 4.69) is 10.0 Å². The smallest absolute Gasteiger partial charge is 0.416 e. The Morgan fingerprint density at radius 3 is 2.44 bits per heavy atom. The summed E-state index contributed by atoms with van der Waals surface area (Å²) >= 11 is 0. The lowest BCUT2D eigenvalue weighted by molar-refractivity contribution is -0.137. The predicted octanol–water partition coefficient (Wildman–Crippen LogP) is 3.15. The first-order valence-corrected chi connectivity index (χ1v) is 9.12. The van der Waals surface area contributed by atoms with Crippen LogP contribution in [0.2, 0.25) is 0 Å². The third-order valence-corrected chi connectivity index (χ3v) is 4.91. The molecule has 0 spiro atoms. The van der Waals surface area contributed by atoms with Gasteiger partial charge in [-0.15, -0.1) is 0 Å². The van der Waals surface area contributed by atoms with Gasteiger partial charge in [-0.3, -0.25) is 4.79 Å². The van der Waals surface area contributed by atoms with Crippen molar-refractivity contribution in [2.45, 2.75) is 24.5 Å². The van der Waals surface area contributed by atoms with Crippen molar-refractivity contribution in [1.29, 1.82) is 0 Å². The van der Waals surface area contributed by atoms with Crippen molar-refractivity contribution < 1.29 is 31.1 Å². The number of hydrogen-bond acceptors (Lipinski definition) is 4. The Bertz CT molecular complexity index is 943. The molecule has 27 heavy (non-hydrogen) atoms. The summed E-state index contributed by atoms with van der Waals surface area (Å²) in [6.07, 6.45) is -4.51. The van der Waals surface area contributed by atoms with Crippen LogP contribution >= 0.6 is 0 Å². The second-order valence-corrected chi connectivity index (χ2v) is 7.33. The monoisotopic (exact) mass is 402 g/mol. The minimum absolute atomic E-state index is 0.132. The number of alkyl halides is 3. The molecule has 6 nitrogen and oxygen atoms in total. The van der Waals surface area contributed by atoms with E-state index in [1.54, 1.807) is 0 Å². The van der Waals surface area contributed by atoms with Gasteiger partial charge in [0.15, 0.2) is 0 Å². The molecule has 0 saturated carbocycles. The van der Waals surface area contributed by atoms with E-state index >= 15 is 0 Å². The second-order valence-electron chi connectivity index (χ2n) is 5.57. The number of rotatable bonds is 6. The highest BCUT2D eigenvalue weighted by atomic mass is 32.2. The Kier molecular flexibility index (Phi) is 6.11. The maximum absolute atomic E-state index is 12.7. The molecule has 0 aliphatic carbocycles. The highest BCUT2D eigenvalue weighted by Crippen LogP contribution is 2.30. The summed E-state index contributed by atoms with van der Waals surface area (Å²) in [4.78, 5) is 11.0. The molecular weight excluding hydrogens is 385 g/mol. The number of anilines is 1. The van der Waals surface area contributed by atoms with E-state index in [0.717, 1.165) is 12.1 Å². The third-order valence-electron chi connectivity index (χ3n) is 3.51. The van der Waals surface area contributed by atoms with Gasteiger partial charge in [0, 0.05) is 19.5 Å². The topological polar surface area (TPSA) is 84.5 Å². The molecule has 1 amide bonds. The van der Waals surface area contributed by atoms with Gasteiger partial charge < -0.3 is 10.1 Å². The zero-order valence-electron chi connectivity index (χ0n) is 14.4. The van der Waals surface area contributed by atoms with E-state index in [-0.39, 0.29) is 28.7 Å². The third kappa shape index (κ3) is 5.44. The van der Waals surface area contributed by atoms with Gasteiger partial charge in [0.25, 0.3) is 0 Å². The first-order chi connectivity index (χ1) is 12.5. The fourth-order valence-corrected chi connectivity index (χ4v) is 3.28. The Morgan fingerprint density at radius 2 is 1.85 bits per heavy atom. The van der Waals surface area contributed by atoms with Gasteiger partial charge in [0.05, 0.1) is 23.3 Å². The number of sulfonamides is 1. The summed E-state index contributed by atoms with van der Waals surface area (Å²) in [5.74, 6) is -0.223. The lowest BCUT2D eigenvalue weighted by atomic mass is 10.1. The highest BCUT2D eigenvalue weighted by Gasteiger charge is 2.30. The number of amides is 1. The zero-order chi connectivity index (χ0) is 20.2. The van der Waals surface area contributed by atoms with Crippen LogP contribution in [0.1, 0.15) is 18.1 Å². The van der Waals surface area contributed by atoms with E-state index < -0.39 is 21.8 Å². The maximum atomic E-state index is 12.7. The standard InChI is InChI=1S/C17H17F3N2O4S/c1-11(23)22-15-7-6-14(9-16(15)26-2)27(24,25)21-10-12-4-3-5-13(8-12)17(18,19)20/h3-9,21H,10H2,1-2H3,(H,22,23). The number of ether oxygens (including phenoxy) is 1. The van der Waals surface area contributed by atoms with Crippen LogP contribution in [0.25, 0.3) is 0 Å². The van der Waals surface area contributed by atoms with Crippen molar-refractivity contribution >= 4 is 21.6 Å². The van der Waals surface area contributed by atoms with Gasteiger partial charge in [-0.1, -0.05) is 18.2 Å². The predicted molar refractivity (Wildman–Crippen MR) is 92.8 cm³/mol. The molecular formula is C17H17F3N2O4S. The summed E-state index contributed by atoms with van der Waals surface area (Å²) < 4.78 is 70.3. The van der Waals surface area contributed by atoms with Crippen molar-refractivity contribution in [3.63, 3.8) is 0 Å². The van der Waals surface area contributed by atoms with Crippen LogP contribution in [0.3, 0.4) is 0 Å². The average molecular weight is 402 g/mol. The van der Waals surface area contributed by atoms with Crippen LogP contribution in [0.15, 0.2) is 47.4 Å². The minimum atomic E-state index is -4.51. The van der Waals surface area contributed by atoms with Gasteiger partial charge in [0.1, 0.15) is 5.75 Å². The number of carbonyl (C=O) groups is 1. The molecule has 2 rings (SSSR count). The molecule has 0 heterocycles. The van der Waals surface area contributed by atoms with Crippen LogP contribution in [-0.4, -0.2) is 21.4 Å². The number of hydrogen-bond donors (Lipinski definition) is 2. The zero-order valence-corrected chi connectivity index (χ0v) is 15.2. The summed E-state index contributed by atoms with van der Waals surface area (Å²) in [5, 5.41) is 2.50. The van der Waals surface area contributed by atoms with Crippen LogP contribution in [0, 0.1) is 0 Å². The van der Waals surface area contributed by atoms with Crippen molar-refractivity contribution in [3.8, 4) is 5.75 Å². The van der Waals surface area contributed by atoms with E-state index in [9.17, 15) is 26.4 Å². The minimum Gasteiger partial charge on any atom is -0.495 e. The molecule has 0 saturated heterocycles. The van der Waals surface area contributed by atoms with Gasteiger partial charge >= 0.3 is 6.18 Å². The van der Waals surface area contributed by atoms with Crippen LogP contribution < -0.4 is 14.8 Å². The van der Waals surface area contributed by atoms with Crippen molar-refractivity contribution in [2.75, 3.05) is 12.4 Å². The fraction of sp³-hybridized carbons (Fsp3) is 0.235. The van der Waals surface area contributed by atoms with E-state index in [1.807, 2.05) is 0 Å². The molecule has 0 atom stereocenters. The van der Waals surface area contributed by atoms with E-state index in [4.69, 9.17) is 4.74 Å². The normalized spacial score (nSPS) is 11.9. The molecule has 10 heteroatoms. The quantitative estimate of drug-likeness (QED) is 0.778. The number of benzene rings is 2. The van der Waals surface area contributed by atoms with E-state index in [1.165, 1.54) is 44.4 Å². The fourth-order valence-electron chi connectivity index (χ4n) is 2.25. The van der Waals surface area contributed by atoms with Gasteiger partial charge in [-0.25, -0.2) is 13.1 Å². The SMILES string of the molecule is COc1cc(S(=O)(=O)NCc2cccc(C(F)(F)F)c2)ccc1NC(C)=O. The van der Waals surface area contributed by atoms with Crippen molar-refractivity contribution in [1.82, 2.24) is 4.72 Å². The van der Waals surface area contributed by atoms with Gasteiger partial charge in [0.2, 0.25) is 15.9 Å². The molecule has 0 fully saturated rings. The van der Waals surface area contributed by atoms with Crippen LogP contribution in [-0.2, 0) is 27.5 Å². The number of carbonyl (C=O) groups excluding carboxylic acids is 1. The molecule has 0 unspecified atom stereocenters. The van der Waals surface area contributed by atoms with Crippen molar-refractivity contribution in [3.05, 3.63) is 53.6 Å².